The van der Waals surface area contributed by atoms with Gasteiger partial charge in [0.05, 0.1) is 11.0 Å². The predicted molar refractivity (Wildman–Crippen MR) is 138 cm³/mol. The average Bonchev–Trinajstić information content (AvgIpc) is 3.07. The van der Waals surface area contributed by atoms with Crippen LogP contribution in [-0.2, 0) is 28.7 Å². The molecule has 3 unspecified atom stereocenters. The number of hydrogen-bond acceptors (Lipinski definition) is 7. The second-order valence-corrected chi connectivity index (χ2v) is 12.6. The summed E-state index contributed by atoms with van der Waals surface area (Å²) in [5.41, 5.74) is -2.32. The molecule has 0 aromatic carbocycles. The quantitative estimate of drug-likeness (QED) is 0.399. The van der Waals surface area contributed by atoms with E-state index in [1.54, 1.807) is 19.9 Å². The van der Waals surface area contributed by atoms with Gasteiger partial charge in [-0.3, -0.25) is 19.2 Å². The number of rotatable bonds is 6. The normalized spacial score (nSPS) is 44.3. The number of alkyl halides is 1. The van der Waals surface area contributed by atoms with Gasteiger partial charge in [-0.1, -0.05) is 53.2 Å². The second-order valence-electron chi connectivity index (χ2n) is 11.9. The lowest BCUT2D eigenvalue weighted by Gasteiger charge is -2.65. The molecule has 0 aromatic rings. The van der Waals surface area contributed by atoms with Crippen molar-refractivity contribution < 1.29 is 33.8 Å². The molecule has 0 radical (unpaired) electrons. The van der Waals surface area contributed by atoms with Crippen LogP contribution in [0.25, 0.3) is 0 Å². The van der Waals surface area contributed by atoms with E-state index in [9.17, 15) is 24.3 Å². The molecular formula is C29H39ClO7. The standard InChI is InChI=1S/C29H39ClO7/c1-7-24(34)36-15-23(33)29(37-25(35)8-2)17(4)12-20-21-11-16(3)19-13-18(31)9-10-26(19,5)28(21,30)22(32)14-27(20,29)6/h9-10,13,16-17,20-22,32H,7-8,11-12,14-15H2,1-6H3/t16?,17?,20-,21-,22?,26-,27-,28-,29-/m0/s1. The van der Waals surface area contributed by atoms with Gasteiger partial charge in [-0.15, -0.1) is 11.6 Å². The molecule has 4 aliphatic rings. The Bertz CT molecular complexity index is 1080. The molecule has 0 aromatic heterocycles. The molecule has 0 spiro atoms. The fraction of sp³-hybridized carbons (Fsp3) is 0.724. The molecule has 0 aliphatic heterocycles. The summed E-state index contributed by atoms with van der Waals surface area (Å²) < 4.78 is 11.3. The van der Waals surface area contributed by atoms with E-state index in [1.165, 1.54) is 6.08 Å². The zero-order valence-electron chi connectivity index (χ0n) is 22.6. The molecule has 7 nitrogen and oxygen atoms in total. The summed E-state index contributed by atoms with van der Waals surface area (Å²) in [7, 11) is 0. The van der Waals surface area contributed by atoms with E-state index in [1.807, 2.05) is 26.8 Å². The predicted octanol–water partition coefficient (Wildman–Crippen LogP) is 4.33. The topological polar surface area (TPSA) is 107 Å². The van der Waals surface area contributed by atoms with Crippen LogP contribution < -0.4 is 0 Å². The SMILES string of the molecule is CCC(=O)OCC(=O)[C@@]1(OC(=O)CC)C(C)C[C@H]2[C@@H]3CC(C)C4=CC(=O)C=C[C@]4(C)[C@@]3(Cl)C(O)C[C@@]21C. The number of halogens is 1. The first-order valence-electron chi connectivity index (χ1n) is 13.5. The van der Waals surface area contributed by atoms with Crippen LogP contribution in [0.1, 0.15) is 73.6 Å². The highest BCUT2D eigenvalue weighted by molar-refractivity contribution is 6.26. The Morgan fingerprint density at radius 1 is 1.08 bits per heavy atom. The molecule has 0 saturated heterocycles. The molecule has 0 amide bonds. The van der Waals surface area contributed by atoms with Gasteiger partial charge in [0.25, 0.3) is 0 Å². The summed E-state index contributed by atoms with van der Waals surface area (Å²) in [5, 5.41) is 11.9. The van der Waals surface area contributed by atoms with Crippen molar-refractivity contribution in [2.24, 2.45) is 34.5 Å². The lowest BCUT2D eigenvalue weighted by atomic mass is 9.44. The third kappa shape index (κ3) is 3.70. The monoisotopic (exact) mass is 534 g/mol. The van der Waals surface area contributed by atoms with Crippen molar-refractivity contribution in [3.05, 3.63) is 23.8 Å². The summed E-state index contributed by atoms with van der Waals surface area (Å²) in [6, 6.07) is 0. The smallest absolute Gasteiger partial charge is 0.306 e. The Kier molecular flexibility index (Phi) is 7.07. The fourth-order valence-corrected chi connectivity index (χ4v) is 8.89. The van der Waals surface area contributed by atoms with Gasteiger partial charge in [-0.05, 0) is 49.2 Å². The number of allylic oxidation sites excluding steroid dienone is 4. The van der Waals surface area contributed by atoms with Crippen molar-refractivity contribution in [2.75, 3.05) is 6.61 Å². The first-order chi connectivity index (χ1) is 17.2. The number of carbonyl (C=O) groups is 4. The molecule has 0 heterocycles. The maximum absolute atomic E-state index is 13.9. The molecule has 3 fully saturated rings. The highest BCUT2D eigenvalue weighted by Gasteiger charge is 2.76. The summed E-state index contributed by atoms with van der Waals surface area (Å²) in [5.74, 6) is -2.26. The van der Waals surface area contributed by atoms with E-state index >= 15 is 0 Å². The van der Waals surface area contributed by atoms with Crippen LogP contribution in [0.5, 0.6) is 0 Å². The van der Waals surface area contributed by atoms with E-state index in [-0.39, 0.29) is 48.7 Å². The summed E-state index contributed by atoms with van der Waals surface area (Å²) >= 11 is 7.54. The third-order valence-corrected chi connectivity index (χ3v) is 11.1. The molecule has 4 aliphatic carbocycles. The van der Waals surface area contributed by atoms with Crippen molar-refractivity contribution in [3.8, 4) is 0 Å². The summed E-state index contributed by atoms with van der Waals surface area (Å²) in [6.07, 6.45) is 5.52. The van der Waals surface area contributed by atoms with Crippen molar-refractivity contribution in [3.63, 3.8) is 0 Å². The number of aliphatic hydroxyl groups is 1. The van der Waals surface area contributed by atoms with Gasteiger partial charge in [0.1, 0.15) is 0 Å². The number of hydrogen-bond donors (Lipinski definition) is 1. The molecule has 0 bridgehead atoms. The van der Waals surface area contributed by atoms with Crippen molar-refractivity contribution in [1.29, 1.82) is 0 Å². The van der Waals surface area contributed by atoms with E-state index in [0.29, 0.717) is 12.8 Å². The number of carbonyl (C=O) groups excluding carboxylic acids is 4. The number of ketones is 2. The van der Waals surface area contributed by atoms with E-state index in [2.05, 4.69) is 6.92 Å². The Labute approximate surface area is 224 Å². The van der Waals surface area contributed by atoms with Gasteiger partial charge >= 0.3 is 11.9 Å². The molecule has 37 heavy (non-hydrogen) atoms. The Morgan fingerprint density at radius 2 is 1.73 bits per heavy atom. The van der Waals surface area contributed by atoms with Crippen LogP contribution in [0.4, 0.5) is 0 Å². The van der Waals surface area contributed by atoms with Gasteiger partial charge in [-0.25, -0.2) is 0 Å². The average molecular weight is 535 g/mol. The lowest BCUT2D eigenvalue weighted by molar-refractivity contribution is -0.204. The number of fused-ring (bicyclic) bond motifs is 5. The molecular weight excluding hydrogens is 496 g/mol. The number of esters is 2. The number of aliphatic hydroxyl groups excluding tert-OH is 1. The zero-order chi connectivity index (χ0) is 27.6. The van der Waals surface area contributed by atoms with E-state index in [4.69, 9.17) is 21.1 Å². The van der Waals surface area contributed by atoms with Crippen LogP contribution in [0.15, 0.2) is 23.8 Å². The molecule has 3 saturated carbocycles. The Balaban J connectivity index is 1.83. The fourth-order valence-electron chi connectivity index (χ4n) is 8.40. The van der Waals surface area contributed by atoms with E-state index < -0.39 is 51.7 Å². The van der Waals surface area contributed by atoms with Gasteiger partial charge in [-0.2, -0.15) is 0 Å². The van der Waals surface area contributed by atoms with Crippen molar-refractivity contribution in [1.82, 2.24) is 0 Å². The summed E-state index contributed by atoms with van der Waals surface area (Å²) in [4.78, 5) is 49.7. The van der Waals surface area contributed by atoms with Crippen LogP contribution >= 0.6 is 11.6 Å². The van der Waals surface area contributed by atoms with Crippen LogP contribution in [0.3, 0.4) is 0 Å². The first kappa shape index (κ1) is 28.0. The maximum Gasteiger partial charge on any atom is 0.306 e. The van der Waals surface area contributed by atoms with Gasteiger partial charge in [0.2, 0.25) is 5.78 Å². The van der Waals surface area contributed by atoms with Crippen molar-refractivity contribution in [2.45, 2.75) is 90.2 Å². The molecule has 204 valence electrons. The molecule has 8 heteroatoms. The van der Waals surface area contributed by atoms with Crippen molar-refractivity contribution >= 4 is 35.1 Å². The molecule has 4 rings (SSSR count). The van der Waals surface area contributed by atoms with E-state index in [0.717, 1.165) is 5.57 Å². The highest BCUT2D eigenvalue weighted by Crippen LogP contribution is 2.72. The Hall–Kier alpha value is -1.99. The van der Waals surface area contributed by atoms with Gasteiger partial charge in [0, 0.05) is 29.6 Å². The number of Topliss-reactive ketones (excluding diaryl/α,β-unsaturated/α-hetero) is 1. The highest BCUT2D eigenvalue weighted by atomic mass is 35.5. The van der Waals surface area contributed by atoms with Crippen LogP contribution in [-0.4, -0.2) is 51.8 Å². The first-order valence-corrected chi connectivity index (χ1v) is 13.8. The maximum atomic E-state index is 13.9. The lowest BCUT2D eigenvalue weighted by Crippen LogP contribution is -2.70. The second kappa shape index (κ2) is 9.33. The molecule has 1 N–H and O–H groups in total. The van der Waals surface area contributed by atoms with Gasteiger partial charge in [0.15, 0.2) is 18.0 Å². The third-order valence-electron chi connectivity index (χ3n) is 10.1. The van der Waals surface area contributed by atoms with Gasteiger partial charge < -0.3 is 14.6 Å². The minimum atomic E-state index is -1.56. The Morgan fingerprint density at radius 3 is 2.35 bits per heavy atom. The molecule has 9 atom stereocenters. The minimum Gasteiger partial charge on any atom is -0.457 e. The number of ether oxygens (including phenoxy) is 2. The largest absolute Gasteiger partial charge is 0.457 e. The zero-order valence-corrected chi connectivity index (χ0v) is 23.4. The minimum absolute atomic E-state index is 0.0371. The van der Waals surface area contributed by atoms with Crippen LogP contribution in [0.2, 0.25) is 0 Å². The summed E-state index contributed by atoms with van der Waals surface area (Å²) in [6.45, 7) is 10.7. The van der Waals surface area contributed by atoms with Crippen LogP contribution in [0, 0.1) is 34.5 Å².